The molecule has 0 N–H and O–H groups in total. The van der Waals surface area contributed by atoms with Crippen LogP contribution in [0, 0.1) is 0 Å². The average Bonchev–Trinajstić information content (AvgIpc) is 3.82. The highest BCUT2D eigenvalue weighted by molar-refractivity contribution is 7.02. The minimum Gasteiger partial charge on any atom is -0.458 e. The highest BCUT2D eigenvalue weighted by atomic mass is 16.5. The molecule has 12 aromatic carbocycles. The molecule has 9 heteroatoms. The third-order valence-corrected chi connectivity index (χ3v) is 16.9. The SMILES string of the molecule is c1ccc(-c2nc3cccc4c3n2-c2cc(N(c3ccccc3)c3ccccc3)cc3c2B4c2cc4c(cc2N3c2ccccc2)Oc2cc(N(c3ccccc3)c3ccccc3)cc3c2B4c2ccccc2N3c2ccccc2)cc1. The first kappa shape index (κ1) is 46.2. The van der Waals surface area contributed by atoms with Crippen molar-refractivity contribution >= 4 is 125 Å². The summed E-state index contributed by atoms with van der Waals surface area (Å²) in [6.45, 7) is -0.342. The Bertz CT molecular complexity index is 4550. The summed E-state index contributed by atoms with van der Waals surface area (Å²) in [5.74, 6) is 2.56. The van der Waals surface area contributed by atoms with E-state index in [1.807, 2.05) is 0 Å². The Labute approximate surface area is 476 Å². The quantitative estimate of drug-likeness (QED) is 0.134. The molecule has 82 heavy (non-hydrogen) atoms. The van der Waals surface area contributed by atoms with Gasteiger partial charge in [-0.05, 0) is 136 Å². The predicted octanol–water partition coefficient (Wildman–Crippen LogP) is 14.6. The highest BCUT2D eigenvalue weighted by Gasteiger charge is 2.48. The van der Waals surface area contributed by atoms with Crippen LogP contribution in [0.1, 0.15) is 0 Å². The van der Waals surface area contributed by atoms with E-state index < -0.39 is 0 Å². The lowest BCUT2D eigenvalue weighted by atomic mass is 9.30. The molecule has 4 aliphatic rings. The molecule has 0 saturated heterocycles. The van der Waals surface area contributed by atoms with Gasteiger partial charge in [-0.15, -0.1) is 0 Å². The summed E-state index contributed by atoms with van der Waals surface area (Å²) in [5.41, 5.74) is 24.1. The predicted molar refractivity (Wildman–Crippen MR) is 341 cm³/mol. The van der Waals surface area contributed by atoms with Crippen molar-refractivity contribution in [2.75, 3.05) is 19.6 Å². The lowest BCUT2D eigenvalue weighted by Crippen LogP contribution is -2.64. The summed E-state index contributed by atoms with van der Waals surface area (Å²) in [7, 11) is 0. The second-order valence-electron chi connectivity index (χ2n) is 21.5. The number of aromatic nitrogens is 2. The molecule has 17 rings (SSSR count). The number of para-hydroxylation sites is 8. The summed E-state index contributed by atoms with van der Waals surface area (Å²) in [6, 6.07) is 105. The molecule has 7 nitrogen and oxygen atoms in total. The van der Waals surface area contributed by atoms with E-state index in [9.17, 15) is 0 Å². The van der Waals surface area contributed by atoms with Gasteiger partial charge in [-0.1, -0.05) is 176 Å². The summed E-state index contributed by atoms with van der Waals surface area (Å²) < 4.78 is 10.1. The molecule has 0 fully saturated rings. The molecule has 5 heterocycles. The zero-order chi connectivity index (χ0) is 53.8. The number of nitrogens with zero attached hydrogens (tertiary/aromatic N) is 6. The molecular formula is C73H48B2N6O. The zero-order valence-electron chi connectivity index (χ0n) is 44.5. The van der Waals surface area contributed by atoms with Gasteiger partial charge in [0.05, 0.1) is 22.4 Å². The zero-order valence-corrected chi connectivity index (χ0v) is 44.5. The molecule has 4 aliphatic heterocycles. The van der Waals surface area contributed by atoms with Crippen molar-refractivity contribution in [3.63, 3.8) is 0 Å². The molecule has 0 atom stereocenters. The first-order valence-electron chi connectivity index (χ1n) is 28.1. The number of rotatable bonds is 9. The fraction of sp³-hybridized carbons (Fsp3) is 0. The van der Waals surface area contributed by atoms with Gasteiger partial charge in [0.2, 0.25) is 0 Å². The van der Waals surface area contributed by atoms with Crippen LogP contribution in [0.2, 0.25) is 0 Å². The minimum absolute atomic E-state index is 0.167. The van der Waals surface area contributed by atoms with Crippen molar-refractivity contribution in [3.8, 4) is 28.6 Å². The largest absolute Gasteiger partial charge is 0.458 e. The fourth-order valence-corrected chi connectivity index (χ4v) is 13.6. The number of fused-ring (bicyclic) bond motifs is 8. The molecule has 0 amide bonds. The smallest absolute Gasteiger partial charge is 0.256 e. The molecule has 0 bridgehead atoms. The Kier molecular flexibility index (Phi) is 10.4. The number of imidazole rings is 1. The van der Waals surface area contributed by atoms with Gasteiger partial charge < -0.3 is 24.3 Å². The van der Waals surface area contributed by atoms with E-state index in [0.29, 0.717) is 0 Å². The maximum Gasteiger partial charge on any atom is 0.256 e. The van der Waals surface area contributed by atoms with Crippen LogP contribution in [0.4, 0.5) is 68.2 Å². The van der Waals surface area contributed by atoms with E-state index in [1.54, 1.807) is 0 Å². The molecule has 1 aromatic heterocycles. The van der Waals surface area contributed by atoms with Gasteiger partial charge in [0.25, 0.3) is 13.4 Å². The third-order valence-electron chi connectivity index (χ3n) is 16.9. The average molecular weight is 1050 g/mol. The van der Waals surface area contributed by atoms with Crippen LogP contribution in [0.15, 0.2) is 291 Å². The number of anilines is 12. The first-order valence-corrected chi connectivity index (χ1v) is 28.1. The van der Waals surface area contributed by atoms with Crippen LogP contribution in [0.3, 0.4) is 0 Å². The first-order chi connectivity index (χ1) is 40.7. The maximum absolute atomic E-state index is 7.67. The Morgan fingerprint density at radius 1 is 0.317 bits per heavy atom. The second kappa shape index (κ2) is 18.4. The Hall–Kier alpha value is -10.8. The number of benzene rings is 12. The molecule has 0 radical (unpaired) electrons. The maximum atomic E-state index is 7.67. The van der Waals surface area contributed by atoms with E-state index >= 15 is 0 Å². The lowest BCUT2D eigenvalue weighted by molar-refractivity contribution is 0.488. The topological polar surface area (TPSA) is 40.0 Å². The van der Waals surface area contributed by atoms with Gasteiger partial charge in [-0.25, -0.2) is 4.98 Å². The third kappa shape index (κ3) is 7.02. The fourth-order valence-electron chi connectivity index (χ4n) is 13.6. The molecule has 382 valence electrons. The van der Waals surface area contributed by atoms with Crippen molar-refractivity contribution < 1.29 is 4.74 Å². The van der Waals surface area contributed by atoms with E-state index in [1.165, 1.54) is 21.9 Å². The molecule has 0 spiro atoms. The van der Waals surface area contributed by atoms with Gasteiger partial charge in [0, 0.05) is 80.3 Å². The van der Waals surface area contributed by atoms with Gasteiger partial charge in [-0.2, -0.15) is 0 Å². The number of hydrogen-bond donors (Lipinski definition) is 0. The van der Waals surface area contributed by atoms with Crippen LogP contribution in [0.5, 0.6) is 11.5 Å². The van der Waals surface area contributed by atoms with Crippen LogP contribution in [-0.4, -0.2) is 23.0 Å². The van der Waals surface area contributed by atoms with E-state index in [4.69, 9.17) is 9.72 Å². The summed E-state index contributed by atoms with van der Waals surface area (Å²) in [6.07, 6.45) is 0. The number of hydrogen-bond acceptors (Lipinski definition) is 6. The summed E-state index contributed by atoms with van der Waals surface area (Å²) in [5, 5.41) is 0. The molecule has 0 unspecified atom stereocenters. The Morgan fingerprint density at radius 2 is 0.780 bits per heavy atom. The van der Waals surface area contributed by atoms with E-state index in [0.717, 1.165) is 119 Å². The van der Waals surface area contributed by atoms with Crippen molar-refractivity contribution in [3.05, 3.63) is 291 Å². The Balaban J connectivity index is 0.961. The van der Waals surface area contributed by atoms with Crippen LogP contribution in [-0.2, 0) is 0 Å². The molecule has 13 aromatic rings. The van der Waals surface area contributed by atoms with Gasteiger partial charge in [0.1, 0.15) is 17.3 Å². The lowest BCUT2D eigenvalue weighted by Gasteiger charge is -2.44. The van der Waals surface area contributed by atoms with Gasteiger partial charge >= 0.3 is 0 Å². The molecule has 0 saturated carbocycles. The van der Waals surface area contributed by atoms with E-state index in [-0.39, 0.29) is 13.4 Å². The van der Waals surface area contributed by atoms with Gasteiger partial charge in [0.15, 0.2) is 0 Å². The van der Waals surface area contributed by atoms with Crippen molar-refractivity contribution in [2.24, 2.45) is 0 Å². The minimum atomic E-state index is -0.175. The normalized spacial score (nSPS) is 12.9. The second-order valence-corrected chi connectivity index (χ2v) is 21.5. The van der Waals surface area contributed by atoms with Gasteiger partial charge in [-0.3, -0.25) is 4.57 Å². The van der Waals surface area contributed by atoms with Crippen molar-refractivity contribution in [1.29, 1.82) is 0 Å². The van der Waals surface area contributed by atoms with Crippen LogP contribution in [0.25, 0.3) is 28.1 Å². The highest BCUT2D eigenvalue weighted by Crippen LogP contribution is 2.49. The molecular weight excluding hydrogens is 998 g/mol. The van der Waals surface area contributed by atoms with Crippen molar-refractivity contribution in [1.82, 2.24) is 9.55 Å². The standard InChI is InChI=1S/C73H48B2N6O/c1-8-25-49(26-9-1)73-76-62-41-24-40-59-72(62)81(73)66-44-56(77(50-27-10-2-11-28-50)51-29-12-3-13-30-51)43-65-70(66)75(59)60-47-61-68(48-64(60)80(65)55-37-20-7-21-38-55)82-69-46-57(78(52-31-14-4-15-32-52)53-33-16-5-17-34-53)45-67-71(69)74(61)58-39-22-23-42-63(58)79(67)54-35-18-6-19-36-54/h1-48H. The Morgan fingerprint density at radius 3 is 1.37 bits per heavy atom. The van der Waals surface area contributed by atoms with Crippen LogP contribution >= 0.6 is 0 Å². The monoisotopic (exact) mass is 1050 g/mol. The number of ether oxygens (including phenoxy) is 1. The molecule has 0 aliphatic carbocycles. The van der Waals surface area contributed by atoms with Crippen LogP contribution < -0.4 is 57.1 Å². The summed E-state index contributed by atoms with van der Waals surface area (Å²) in [4.78, 5) is 15.2. The van der Waals surface area contributed by atoms with Crippen molar-refractivity contribution in [2.45, 2.75) is 0 Å². The van der Waals surface area contributed by atoms with E-state index in [2.05, 4.69) is 315 Å². The summed E-state index contributed by atoms with van der Waals surface area (Å²) >= 11 is 0.